The number of hydrogen-bond donors (Lipinski definition) is 2. The zero-order valence-corrected chi connectivity index (χ0v) is 11.7. The second kappa shape index (κ2) is 7.16. The number of aromatic nitrogens is 2. The number of carbonyl (C=O) groups excluding carboxylic acids is 1. The minimum absolute atomic E-state index is 0.00973. The molecule has 1 aromatic rings. The van der Waals surface area contributed by atoms with E-state index in [9.17, 15) is 4.79 Å². The molecule has 0 aliphatic heterocycles. The van der Waals surface area contributed by atoms with Crippen LogP contribution in [0, 0.1) is 5.92 Å². The Bertz CT molecular complexity index is 367. The van der Waals surface area contributed by atoms with E-state index in [1.165, 1.54) is 0 Å². The fourth-order valence-corrected chi connectivity index (χ4v) is 1.97. The van der Waals surface area contributed by atoms with Gasteiger partial charge in [0.25, 0.3) is 0 Å². The van der Waals surface area contributed by atoms with Gasteiger partial charge in [-0.3, -0.25) is 4.79 Å². The highest BCUT2D eigenvalue weighted by Gasteiger charge is 2.18. The highest BCUT2D eigenvalue weighted by molar-refractivity contribution is 5.91. The van der Waals surface area contributed by atoms with Crippen LogP contribution >= 0.6 is 0 Å². The van der Waals surface area contributed by atoms with E-state index < -0.39 is 0 Å². The van der Waals surface area contributed by atoms with Gasteiger partial charge in [-0.25, -0.2) is 4.68 Å². The lowest BCUT2D eigenvalue weighted by Gasteiger charge is -2.17. The summed E-state index contributed by atoms with van der Waals surface area (Å²) in [4.78, 5) is 12.2. The average Bonchev–Trinajstić information content (AvgIpc) is 2.77. The van der Waals surface area contributed by atoms with Crippen LogP contribution in [0.25, 0.3) is 0 Å². The monoisotopic (exact) mass is 252 g/mol. The van der Waals surface area contributed by atoms with Gasteiger partial charge in [0.15, 0.2) is 0 Å². The van der Waals surface area contributed by atoms with Gasteiger partial charge in [0.05, 0.1) is 12.1 Å². The van der Waals surface area contributed by atoms with Gasteiger partial charge < -0.3 is 10.6 Å². The van der Waals surface area contributed by atoms with Crippen LogP contribution in [0.5, 0.6) is 0 Å². The lowest BCUT2D eigenvalue weighted by Crippen LogP contribution is -2.31. The molecule has 2 N–H and O–H groups in total. The summed E-state index contributed by atoms with van der Waals surface area (Å²) in [5.74, 6) is 0.844. The molecule has 0 aromatic carbocycles. The third-order valence-electron chi connectivity index (χ3n) is 2.87. The first-order chi connectivity index (χ1) is 8.60. The molecule has 0 fully saturated rings. The molecule has 1 heterocycles. The molecule has 1 aromatic heterocycles. The Morgan fingerprint density at radius 2 is 2.22 bits per heavy atom. The highest BCUT2D eigenvalue weighted by Crippen LogP contribution is 2.15. The van der Waals surface area contributed by atoms with Crippen LogP contribution in [0.15, 0.2) is 12.3 Å². The van der Waals surface area contributed by atoms with Gasteiger partial charge in [-0.05, 0) is 27.3 Å². The maximum Gasteiger partial charge on any atom is 0.229 e. The SMILES string of the molecule is CCC[C@H](CNC)C(=O)Nc1ccnn1C(C)C. The molecule has 18 heavy (non-hydrogen) atoms. The first-order valence-electron chi connectivity index (χ1n) is 6.59. The average molecular weight is 252 g/mol. The van der Waals surface area contributed by atoms with Crippen LogP contribution in [0.4, 0.5) is 5.82 Å². The zero-order valence-electron chi connectivity index (χ0n) is 11.7. The molecule has 5 heteroatoms. The predicted molar refractivity (Wildman–Crippen MR) is 73.6 cm³/mol. The summed E-state index contributed by atoms with van der Waals surface area (Å²) in [6, 6.07) is 2.07. The molecule has 5 nitrogen and oxygen atoms in total. The summed E-state index contributed by atoms with van der Waals surface area (Å²) >= 11 is 0. The Kier molecular flexibility index (Phi) is 5.85. The minimum Gasteiger partial charge on any atom is -0.319 e. The van der Waals surface area contributed by atoms with E-state index in [1.54, 1.807) is 6.20 Å². The summed E-state index contributed by atoms with van der Waals surface area (Å²) in [6.07, 6.45) is 3.61. The fraction of sp³-hybridized carbons (Fsp3) is 0.692. The number of nitrogens with one attached hydrogen (secondary N) is 2. The smallest absolute Gasteiger partial charge is 0.229 e. The summed E-state index contributed by atoms with van der Waals surface area (Å²) in [6.45, 7) is 6.88. The number of rotatable bonds is 7. The van der Waals surface area contributed by atoms with Gasteiger partial charge in [0, 0.05) is 18.7 Å². The van der Waals surface area contributed by atoms with Crippen molar-refractivity contribution >= 4 is 11.7 Å². The van der Waals surface area contributed by atoms with Gasteiger partial charge >= 0.3 is 0 Å². The molecule has 1 rings (SSSR count). The second-order valence-corrected chi connectivity index (χ2v) is 4.79. The van der Waals surface area contributed by atoms with E-state index in [1.807, 2.05) is 31.6 Å². The Hall–Kier alpha value is -1.36. The van der Waals surface area contributed by atoms with Gasteiger partial charge in [-0.2, -0.15) is 5.10 Å². The van der Waals surface area contributed by atoms with E-state index >= 15 is 0 Å². The van der Waals surface area contributed by atoms with E-state index in [4.69, 9.17) is 0 Å². The van der Waals surface area contributed by atoms with Crippen LogP contribution in [-0.2, 0) is 4.79 Å². The van der Waals surface area contributed by atoms with Gasteiger partial charge in [-0.1, -0.05) is 13.3 Å². The molecule has 102 valence electrons. The van der Waals surface area contributed by atoms with Crippen molar-refractivity contribution in [2.75, 3.05) is 18.9 Å². The molecule has 1 amide bonds. The van der Waals surface area contributed by atoms with Crippen molar-refractivity contribution in [1.82, 2.24) is 15.1 Å². The quantitative estimate of drug-likeness (QED) is 0.780. The molecule has 0 saturated carbocycles. The first kappa shape index (κ1) is 14.7. The number of amides is 1. The maximum atomic E-state index is 12.2. The molecule has 0 saturated heterocycles. The van der Waals surface area contributed by atoms with E-state index in [2.05, 4.69) is 22.7 Å². The summed E-state index contributed by atoms with van der Waals surface area (Å²) in [7, 11) is 1.87. The highest BCUT2D eigenvalue weighted by atomic mass is 16.2. The van der Waals surface area contributed by atoms with Gasteiger partial charge in [-0.15, -0.1) is 0 Å². The lowest BCUT2D eigenvalue weighted by atomic mass is 10.0. The number of hydrogen-bond acceptors (Lipinski definition) is 3. The maximum absolute atomic E-state index is 12.2. The van der Waals surface area contributed by atoms with Crippen molar-refractivity contribution in [2.24, 2.45) is 5.92 Å². The lowest BCUT2D eigenvalue weighted by molar-refractivity contribution is -0.120. The summed E-state index contributed by atoms with van der Waals surface area (Å²) in [5.41, 5.74) is 0. The standard InChI is InChI=1S/C13H24N4O/c1-5-6-11(9-14-4)13(18)16-12-7-8-15-17(12)10(2)3/h7-8,10-11,14H,5-6,9H2,1-4H3,(H,16,18)/t11-/m1/s1. The number of carbonyl (C=O) groups is 1. The molecule has 0 aliphatic carbocycles. The Balaban J connectivity index is 2.69. The van der Waals surface area contributed by atoms with Crippen molar-refractivity contribution < 1.29 is 4.79 Å². The first-order valence-corrected chi connectivity index (χ1v) is 6.59. The fourth-order valence-electron chi connectivity index (χ4n) is 1.97. The van der Waals surface area contributed by atoms with Crippen LogP contribution in [0.1, 0.15) is 39.7 Å². The minimum atomic E-state index is 0.00973. The van der Waals surface area contributed by atoms with Crippen molar-refractivity contribution in [3.8, 4) is 0 Å². The van der Waals surface area contributed by atoms with Crippen molar-refractivity contribution in [1.29, 1.82) is 0 Å². The molecule has 0 bridgehead atoms. The Labute approximate surface area is 109 Å². The van der Waals surface area contributed by atoms with Crippen molar-refractivity contribution in [3.63, 3.8) is 0 Å². The third-order valence-corrected chi connectivity index (χ3v) is 2.87. The predicted octanol–water partition coefficient (Wildman–Crippen LogP) is 2.04. The largest absolute Gasteiger partial charge is 0.319 e. The van der Waals surface area contributed by atoms with Gasteiger partial charge in [0.2, 0.25) is 5.91 Å². The molecule has 0 unspecified atom stereocenters. The molecule has 0 aliphatic rings. The Morgan fingerprint density at radius 3 is 2.78 bits per heavy atom. The normalized spacial score (nSPS) is 12.7. The van der Waals surface area contributed by atoms with Crippen molar-refractivity contribution in [3.05, 3.63) is 12.3 Å². The molecular weight excluding hydrogens is 228 g/mol. The molecule has 0 radical (unpaired) electrons. The molecule has 0 spiro atoms. The van der Waals surface area contributed by atoms with E-state index in [-0.39, 0.29) is 17.9 Å². The molecular formula is C13H24N4O. The second-order valence-electron chi connectivity index (χ2n) is 4.79. The third kappa shape index (κ3) is 3.84. The van der Waals surface area contributed by atoms with Crippen LogP contribution in [-0.4, -0.2) is 29.3 Å². The van der Waals surface area contributed by atoms with Crippen LogP contribution in [0.3, 0.4) is 0 Å². The summed E-state index contributed by atoms with van der Waals surface area (Å²) in [5, 5.41) is 10.2. The van der Waals surface area contributed by atoms with E-state index in [0.29, 0.717) is 6.54 Å². The number of anilines is 1. The Morgan fingerprint density at radius 1 is 1.50 bits per heavy atom. The van der Waals surface area contributed by atoms with Gasteiger partial charge in [0.1, 0.15) is 5.82 Å². The molecule has 1 atom stereocenters. The van der Waals surface area contributed by atoms with E-state index in [0.717, 1.165) is 18.7 Å². The van der Waals surface area contributed by atoms with Crippen LogP contribution in [0.2, 0.25) is 0 Å². The van der Waals surface area contributed by atoms with Crippen molar-refractivity contribution in [2.45, 2.75) is 39.7 Å². The van der Waals surface area contributed by atoms with Crippen LogP contribution < -0.4 is 10.6 Å². The topological polar surface area (TPSA) is 59.0 Å². The zero-order chi connectivity index (χ0) is 13.5. The summed E-state index contributed by atoms with van der Waals surface area (Å²) < 4.78 is 1.82. The number of nitrogens with zero attached hydrogens (tertiary/aromatic N) is 2.